The van der Waals surface area contributed by atoms with E-state index in [4.69, 9.17) is 4.74 Å². The lowest BCUT2D eigenvalue weighted by Gasteiger charge is -2.08. The summed E-state index contributed by atoms with van der Waals surface area (Å²) in [6.45, 7) is 3.84. The summed E-state index contributed by atoms with van der Waals surface area (Å²) in [5.41, 5.74) is 0.191. The molecule has 1 aromatic rings. The van der Waals surface area contributed by atoms with Crippen molar-refractivity contribution < 1.29 is 14.6 Å². The molecular formula is C11H13NO3. The van der Waals surface area contributed by atoms with E-state index in [1.807, 2.05) is 0 Å². The van der Waals surface area contributed by atoms with Gasteiger partial charge in [-0.3, -0.25) is 4.79 Å². The molecule has 15 heavy (non-hydrogen) atoms. The van der Waals surface area contributed by atoms with E-state index >= 15 is 0 Å². The van der Waals surface area contributed by atoms with Crippen molar-refractivity contribution in [3.8, 4) is 11.5 Å². The molecule has 0 saturated heterocycles. The average molecular weight is 207 g/mol. The SMILES string of the molecule is C=CCNC(=O)c1cccc(OC)c1O. The first-order valence-electron chi connectivity index (χ1n) is 4.45. The Bertz CT molecular complexity index is 374. The number of carbonyl (C=O) groups excluding carboxylic acids is 1. The van der Waals surface area contributed by atoms with Crippen LogP contribution < -0.4 is 10.1 Å². The summed E-state index contributed by atoms with van der Waals surface area (Å²) in [7, 11) is 1.43. The molecule has 1 aromatic carbocycles. The zero-order valence-corrected chi connectivity index (χ0v) is 8.49. The first-order valence-corrected chi connectivity index (χ1v) is 4.45. The van der Waals surface area contributed by atoms with Crippen molar-refractivity contribution >= 4 is 5.91 Å². The molecule has 2 N–H and O–H groups in total. The number of nitrogens with one attached hydrogen (secondary N) is 1. The molecule has 0 aliphatic rings. The Labute approximate surface area is 88.2 Å². The largest absolute Gasteiger partial charge is 0.504 e. The Morgan fingerprint density at radius 3 is 3.00 bits per heavy atom. The molecule has 0 unspecified atom stereocenters. The normalized spacial score (nSPS) is 9.40. The summed E-state index contributed by atoms with van der Waals surface area (Å²) < 4.78 is 4.89. The molecule has 0 aliphatic heterocycles. The van der Waals surface area contributed by atoms with Gasteiger partial charge in [0.2, 0.25) is 0 Å². The van der Waals surface area contributed by atoms with Crippen molar-refractivity contribution in [2.45, 2.75) is 0 Å². The highest BCUT2D eigenvalue weighted by molar-refractivity contribution is 5.97. The lowest BCUT2D eigenvalue weighted by molar-refractivity contribution is 0.0954. The monoisotopic (exact) mass is 207 g/mol. The van der Waals surface area contributed by atoms with E-state index in [-0.39, 0.29) is 23.0 Å². The minimum Gasteiger partial charge on any atom is -0.504 e. The van der Waals surface area contributed by atoms with Gasteiger partial charge in [-0.25, -0.2) is 0 Å². The summed E-state index contributed by atoms with van der Waals surface area (Å²) >= 11 is 0. The first-order chi connectivity index (χ1) is 7.20. The Balaban J connectivity index is 2.93. The molecule has 0 fully saturated rings. The van der Waals surface area contributed by atoms with Crippen molar-refractivity contribution in [3.63, 3.8) is 0 Å². The maximum absolute atomic E-state index is 11.5. The Kier molecular flexibility index (Phi) is 3.74. The van der Waals surface area contributed by atoms with Crippen molar-refractivity contribution in [1.82, 2.24) is 5.32 Å². The second-order valence-electron chi connectivity index (χ2n) is 2.86. The van der Waals surface area contributed by atoms with Crippen LogP contribution in [0.4, 0.5) is 0 Å². The van der Waals surface area contributed by atoms with Crippen molar-refractivity contribution in [2.24, 2.45) is 0 Å². The first kappa shape index (κ1) is 11.1. The van der Waals surface area contributed by atoms with Crippen LogP contribution in [0.25, 0.3) is 0 Å². The number of carbonyl (C=O) groups is 1. The van der Waals surface area contributed by atoms with Crippen LogP contribution in [-0.2, 0) is 0 Å². The molecule has 80 valence electrons. The highest BCUT2D eigenvalue weighted by Gasteiger charge is 2.13. The van der Waals surface area contributed by atoms with Gasteiger partial charge in [-0.2, -0.15) is 0 Å². The lowest BCUT2D eigenvalue weighted by Crippen LogP contribution is -2.23. The quantitative estimate of drug-likeness (QED) is 0.732. The fourth-order valence-electron chi connectivity index (χ4n) is 1.13. The Morgan fingerprint density at radius 2 is 2.40 bits per heavy atom. The van der Waals surface area contributed by atoms with Gasteiger partial charge in [0.1, 0.15) is 0 Å². The van der Waals surface area contributed by atoms with E-state index in [1.165, 1.54) is 13.2 Å². The van der Waals surface area contributed by atoms with Gasteiger partial charge in [-0.05, 0) is 12.1 Å². The Hall–Kier alpha value is -1.97. The van der Waals surface area contributed by atoms with E-state index in [2.05, 4.69) is 11.9 Å². The molecule has 0 aliphatic carbocycles. The molecule has 0 saturated carbocycles. The number of hydrogen-bond donors (Lipinski definition) is 2. The van der Waals surface area contributed by atoms with E-state index in [1.54, 1.807) is 18.2 Å². The zero-order valence-electron chi connectivity index (χ0n) is 8.49. The summed E-state index contributed by atoms with van der Waals surface area (Å²) in [6.07, 6.45) is 1.56. The lowest BCUT2D eigenvalue weighted by atomic mass is 10.1. The summed E-state index contributed by atoms with van der Waals surface area (Å²) in [5, 5.41) is 12.2. The number of amides is 1. The van der Waals surface area contributed by atoms with Crippen LogP contribution in [0.1, 0.15) is 10.4 Å². The molecule has 0 aromatic heterocycles. The second-order valence-corrected chi connectivity index (χ2v) is 2.86. The minimum absolute atomic E-state index is 0.151. The topological polar surface area (TPSA) is 58.6 Å². The molecule has 0 heterocycles. The predicted octanol–water partition coefficient (Wildman–Crippen LogP) is 1.32. The summed E-state index contributed by atoms with van der Waals surface area (Å²) in [5.74, 6) is -0.228. The van der Waals surface area contributed by atoms with Crippen molar-refractivity contribution in [3.05, 3.63) is 36.4 Å². The van der Waals surface area contributed by atoms with Crippen molar-refractivity contribution in [2.75, 3.05) is 13.7 Å². The number of benzene rings is 1. The van der Waals surface area contributed by atoms with Gasteiger partial charge in [0, 0.05) is 6.54 Å². The maximum Gasteiger partial charge on any atom is 0.255 e. The fraction of sp³-hybridized carbons (Fsp3) is 0.182. The molecule has 0 radical (unpaired) electrons. The molecule has 0 bridgehead atoms. The highest BCUT2D eigenvalue weighted by atomic mass is 16.5. The second kappa shape index (κ2) is 5.05. The number of phenolic OH excluding ortho intramolecular Hbond substituents is 1. The number of phenols is 1. The molecule has 4 nitrogen and oxygen atoms in total. The number of methoxy groups -OCH3 is 1. The van der Waals surface area contributed by atoms with Gasteiger partial charge >= 0.3 is 0 Å². The van der Waals surface area contributed by atoms with Crippen LogP contribution in [0.15, 0.2) is 30.9 Å². The van der Waals surface area contributed by atoms with E-state index < -0.39 is 0 Å². The number of hydrogen-bond acceptors (Lipinski definition) is 3. The highest BCUT2D eigenvalue weighted by Crippen LogP contribution is 2.28. The molecule has 1 amide bonds. The summed E-state index contributed by atoms with van der Waals surface area (Å²) in [4.78, 5) is 11.5. The maximum atomic E-state index is 11.5. The van der Waals surface area contributed by atoms with Gasteiger partial charge in [0.15, 0.2) is 11.5 Å². The van der Waals surface area contributed by atoms with E-state index in [9.17, 15) is 9.90 Å². The standard InChI is InChI=1S/C11H13NO3/c1-3-7-12-11(14)8-5-4-6-9(15-2)10(8)13/h3-6,13H,1,7H2,2H3,(H,12,14). The van der Waals surface area contributed by atoms with E-state index in [0.29, 0.717) is 6.54 Å². The smallest absolute Gasteiger partial charge is 0.255 e. The van der Waals surface area contributed by atoms with Crippen LogP contribution in [0.5, 0.6) is 11.5 Å². The predicted molar refractivity (Wildman–Crippen MR) is 57.2 cm³/mol. The van der Waals surface area contributed by atoms with Gasteiger partial charge in [-0.15, -0.1) is 6.58 Å². The number of aromatic hydroxyl groups is 1. The minimum atomic E-state index is -0.355. The van der Waals surface area contributed by atoms with Crippen LogP contribution in [0.2, 0.25) is 0 Å². The van der Waals surface area contributed by atoms with Crippen LogP contribution >= 0.6 is 0 Å². The van der Waals surface area contributed by atoms with Crippen molar-refractivity contribution in [1.29, 1.82) is 0 Å². The Morgan fingerprint density at radius 1 is 1.67 bits per heavy atom. The van der Waals surface area contributed by atoms with Gasteiger partial charge in [0.05, 0.1) is 12.7 Å². The van der Waals surface area contributed by atoms with Gasteiger partial charge in [-0.1, -0.05) is 12.1 Å². The molecule has 0 spiro atoms. The number of para-hydroxylation sites is 1. The average Bonchev–Trinajstić information content (AvgIpc) is 2.26. The molecule has 1 rings (SSSR count). The fourth-order valence-corrected chi connectivity index (χ4v) is 1.13. The summed E-state index contributed by atoms with van der Waals surface area (Å²) in [6, 6.07) is 4.75. The third-order valence-corrected chi connectivity index (χ3v) is 1.87. The molecular weight excluding hydrogens is 194 g/mol. The van der Waals surface area contributed by atoms with Crippen LogP contribution in [0, 0.1) is 0 Å². The third-order valence-electron chi connectivity index (χ3n) is 1.87. The third kappa shape index (κ3) is 2.49. The zero-order chi connectivity index (χ0) is 11.3. The van der Waals surface area contributed by atoms with Gasteiger partial charge < -0.3 is 15.2 Å². The van der Waals surface area contributed by atoms with E-state index in [0.717, 1.165) is 0 Å². The van der Waals surface area contributed by atoms with Crippen LogP contribution in [-0.4, -0.2) is 24.7 Å². The molecule has 4 heteroatoms. The van der Waals surface area contributed by atoms with Crippen LogP contribution in [0.3, 0.4) is 0 Å². The van der Waals surface area contributed by atoms with Gasteiger partial charge in [0.25, 0.3) is 5.91 Å². The molecule has 0 atom stereocenters. The number of ether oxygens (including phenoxy) is 1. The number of rotatable bonds is 4.